The smallest absolute Gasteiger partial charge is 0.471 e. The van der Waals surface area contributed by atoms with E-state index in [-0.39, 0.29) is 0 Å². The minimum Gasteiger partial charge on any atom is -0.478 e. The van der Waals surface area contributed by atoms with Crippen LogP contribution in [0.1, 0.15) is 10.4 Å². The maximum Gasteiger partial charge on any atom is 0.471 e. The summed E-state index contributed by atoms with van der Waals surface area (Å²) in [5.41, 5.74) is -1.77. The third kappa shape index (κ3) is 2.92. The number of rotatable bonds is 2. The van der Waals surface area contributed by atoms with Crippen molar-refractivity contribution in [3.05, 3.63) is 29.6 Å². The van der Waals surface area contributed by atoms with Gasteiger partial charge < -0.3 is 10.4 Å². The van der Waals surface area contributed by atoms with Crippen LogP contribution >= 0.6 is 0 Å². The van der Waals surface area contributed by atoms with Crippen molar-refractivity contribution < 1.29 is 32.3 Å². The summed E-state index contributed by atoms with van der Waals surface area (Å²) in [5.74, 6) is -5.35. The van der Waals surface area contributed by atoms with Crippen LogP contribution in [0.5, 0.6) is 0 Å². The number of carboxylic acid groups (broad SMARTS) is 1. The minimum atomic E-state index is -5.22. The number of aromatic carboxylic acids is 1. The first kappa shape index (κ1) is 12.9. The standard InChI is InChI=1S/C9H5F4NO3/c10-5-3-1-2-4(7(15)16)6(5)14-8(17)9(11,12)13/h1-3H,(H,14,17)(H,15,16). The van der Waals surface area contributed by atoms with Crippen molar-refractivity contribution in [2.75, 3.05) is 5.32 Å². The van der Waals surface area contributed by atoms with Crippen LogP contribution in [0.3, 0.4) is 0 Å². The van der Waals surface area contributed by atoms with E-state index < -0.39 is 35.1 Å². The second-order valence-electron chi connectivity index (χ2n) is 2.92. The normalized spacial score (nSPS) is 11.1. The summed E-state index contributed by atoms with van der Waals surface area (Å²) in [6.07, 6.45) is -5.22. The Bertz CT molecular complexity index is 470. The molecular weight excluding hydrogens is 246 g/mol. The molecule has 1 aromatic rings. The molecule has 0 bridgehead atoms. The first-order valence-corrected chi connectivity index (χ1v) is 4.13. The van der Waals surface area contributed by atoms with Crippen molar-refractivity contribution in [2.45, 2.75) is 6.18 Å². The minimum absolute atomic E-state index is 0.735. The van der Waals surface area contributed by atoms with Crippen molar-refractivity contribution in [3.63, 3.8) is 0 Å². The number of halogens is 4. The van der Waals surface area contributed by atoms with Gasteiger partial charge in [0.05, 0.1) is 11.3 Å². The van der Waals surface area contributed by atoms with E-state index in [1.54, 1.807) is 0 Å². The van der Waals surface area contributed by atoms with Crippen molar-refractivity contribution >= 4 is 17.6 Å². The molecule has 1 amide bonds. The first-order valence-electron chi connectivity index (χ1n) is 4.13. The van der Waals surface area contributed by atoms with Crippen molar-refractivity contribution in [1.29, 1.82) is 0 Å². The number of amides is 1. The lowest BCUT2D eigenvalue weighted by atomic mass is 10.1. The largest absolute Gasteiger partial charge is 0.478 e. The lowest BCUT2D eigenvalue weighted by Crippen LogP contribution is -2.31. The van der Waals surface area contributed by atoms with Gasteiger partial charge in [0.2, 0.25) is 0 Å². The molecule has 0 aromatic heterocycles. The molecule has 0 atom stereocenters. The molecule has 0 heterocycles. The third-order valence-electron chi connectivity index (χ3n) is 1.74. The molecule has 4 nitrogen and oxygen atoms in total. The van der Waals surface area contributed by atoms with Gasteiger partial charge in [0.15, 0.2) is 0 Å². The highest BCUT2D eigenvalue weighted by Gasteiger charge is 2.39. The van der Waals surface area contributed by atoms with E-state index in [0.29, 0.717) is 0 Å². The first-order chi connectivity index (χ1) is 7.73. The third-order valence-corrected chi connectivity index (χ3v) is 1.74. The predicted molar refractivity (Wildman–Crippen MR) is 48.0 cm³/mol. The van der Waals surface area contributed by atoms with Crippen molar-refractivity contribution in [2.24, 2.45) is 0 Å². The Morgan fingerprint density at radius 2 is 1.82 bits per heavy atom. The fourth-order valence-electron chi connectivity index (χ4n) is 1.01. The average molecular weight is 251 g/mol. The van der Waals surface area contributed by atoms with Gasteiger partial charge in [-0.15, -0.1) is 0 Å². The summed E-state index contributed by atoms with van der Waals surface area (Å²) in [5, 5.41) is 9.79. The molecule has 0 aliphatic carbocycles. The highest BCUT2D eigenvalue weighted by atomic mass is 19.4. The Morgan fingerprint density at radius 1 is 1.24 bits per heavy atom. The number of anilines is 1. The number of carbonyl (C=O) groups is 2. The predicted octanol–water partition coefficient (Wildman–Crippen LogP) is 2.02. The van der Waals surface area contributed by atoms with Crippen LogP contribution < -0.4 is 5.32 Å². The quantitative estimate of drug-likeness (QED) is 0.790. The van der Waals surface area contributed by atoms with Crippen LogP contribution in [-0.4, -0.2) is 23.2 Å². The Hall–Kier alpha value is -2.12. The van der Waals surface area contributed by atoms with E-state index in [4.69, 9.17) is 5.11 Å². The van der Waals surface area contributed by atoms with E-state index in [9.17, 15) is 27.2 Å². The summed E-state index contributed by atoms with van der Waals surface area (Å²) in [6.45, 7) is 0. The fourth-order valence-corrected chi connectivity index (χ4v) is 1.01. The monoisotopic (exact) mass is 251 g/mol. The van der Waals surface area contributed by atoms with Gasteiger partial charge >= 0.3 is 18.1 Å². The number of hydrogen-bond donors (Lipinski definition) is 2. The molecule has 2 N–H and O–H groups in total. The molecule has 1 aromatic carbocycles. The summed E-state index contributed by atoms with van der Waals surface area (Å²) >= 11 is 0. The molecule has 0 radical (unpaired) electrons. The van der Waals surface area contributed by atoms with Gasteiger partial charge in [-0.1, -0.05) is 6.07 Å². The molecular formula is C9H5F4NO3. The van der Waals surface area contributed by atoms with Gasteiger partial charge in [-0.2, -0.15) is 13.2 Å². The van der Waals surface area contributed by atoms with Gasteiger partial charge in [0, 0.05) is 0 Å². The number of para-hydroxylation sites is 1. The maximum atomic E-state index is 13.1. The molecule has 17 heavy (non-hydrogen) atoms. The summed E-state index contributed by atoms with van der Waals surface area (Å²) < 4.78 is 48.9. The Labute approximate surface area is 91.9 Å². The number of nitrogens with one attached hydrogen (secondary N) is 1. The molecule has 8 heteroatoms. The molecule has 0 spiro atoms. The zero-order valence-corrected chi connectivity index (χ0v) is 8.01. The van der Waals surface area contributed by atoms with E-state index in [0.717, 1.165) is 18.2 Å². The Balaban J connectivity index is 3.14. The zero-order chi connectivity index (χ0) is 13.2. The van der Waals surface area contributed by atoms with Crippen LogP contribution in [0.4, 0.5) is 23.2 Å². The second-order valence-corrected chi connectivity index (χ2v) is 2.92. The number of benzene rings is 1. The molecule has 0 aliphatic rings. The number of alkyl halides is 3. The Morgan fingerprint density at radius 3 is 2.29 bits per heavy atom. The highest BCUT2D eigenvalue weighted by molar-refractivity contribution is 6.02. The van der Waals surface area contributed by atoms with Gasteiger partial charge in [-0.25, -0.2) is 9.18 Å². The lowest BCUT2D eigenvalue weighted by molar-refractivity contribution is -0.167. The van der Waals surface area contributed by atoms with Gasteiger partial charge in [0.25, 0.3) is 0 Å². The van der Waals surface area contributed by atoms with E-state index >= 15 is 0 Å². The Kier molecular flexibility index (Phi) is 3.35. The second kappa shape index (κ2) is 4.40. The van der Waals surface area contributed by atoms with Crippen LogP contribution in [-0.2, 0) is 4.79 Å². The lowest BCUT2D eigenvalue weighted by Gasteiger charge is -2.10. The molecule has 1 rings (SSSR count). The fraction of sp³-hybridized carbons (Fsp3) is 0.111. The van der Waals surface area contributed by atoms with E-state index in [1.807, 2.05) is 0 Å². The molecule has 92 valence electrons. The molecule has 0 unspecified atom stereocenters. The van der Waals surface area contributed by atoms with Gasteiger partial charge in [-0.05, 0) is 12.1 Å². The maximum absolute atomic E-state index is 13.1. The van der Waals surface area contributed by atoms with Crippen molar-refractivity contribution in [1.82, 2.24) is 0 Å². The van der Waals surface area contributed by atoms with Crippen molar-refractivity contribution in [3.8, 4) is 0 Å². The average Bonchev–Trinajstić information content (AvgIpc) is 2.18. The number of hydrogen-bond acceptors (Lipinski definition) is 2. The number of carboxylic acids is 1. The molecule has 0 saturated carbocycles. The van der Waals surface area contributed by atoms with Gasteiger partial charge in [-0.3, -0.25) is 4.79 Å². The summed E-state index contributed by atoms with van der Waals surface area (Å²) in [6, 6.07) is 2.61. The van der Waals surface area contributed by atoms with E-state index in [2.05, 4.69) is 0 Å². The topological polar surface area (TPSA) is 66.4 Å². The zero-order valence-electron chi connectivity index (χ0n) is 8.01. The van der Waals surface area contributed by atoms with Crippen LogP contribution in [0.15, 0.2) is 18.2 Å². The summed E-state index contributed by atoms with van der Waals surface area (Å²) in [4.78, 5) is 21.2. The van der Waals surface area contributed by atoms with Crippen LogP contribution in [0.25, 0.3) is 0 Å². The molecule has 0 fully saturated rings. The number of carbonyl (C=O) groups excluding carboxylic acids is 1. The van der Waals surface area contributed by atoms with E-state index in [1.165, 1.54) is 5.32 Å². The highest BCUT2D eigenvalue weighted by Crippen LogP contribution is 2.23. The SMILES string of the molecule is O=C(O)c1cccc(F)c1NC(=O)C(F)(F)F. The van der Waals surface area contributed by atoms with Crippen LogP contribution in [0.2, 0.25) is 0 Å². The molecule has 0 saturated heterocycles. The van der Waals surface area contributed by atoms with Gasteiger partial charge in [0.1, 0.15) is 5.82 Å². The van der Waals surface area contributed by atoms with Crippen LogP contribution in [0, 0.1) is 5.82 Å². The molecule has 0 aliphatic heterocycles. The summed E-state index contributed by atoms with van der Waals surface area (Å²) in [7, 11) is 0.